The lowest BCUT2D eigenvalue weighted by Crippen LogP contribution is -2.03. The van der Waals surface area contributed by atoms with E-state index in [9.17, 15) is 19.8 Å². The fraction of sp³-hybridized carbons (Fsp3) is 0.143. The van der Waals surface area contributed by atoms with Crippen LogP contribution in [0, 0.1) is 0 Å². The highest BCUT2D eigenvalue weighted by atomic mass is 32.1. The molecule has 8 nitrogen and oxygen atoms in total. The number of ether oxygens (including phenoxy) is 2. The van der Waals surface area contributed by atoms with Crippen molar-refractivity contribution in [2.45, 2.75) is 26.1 Å². The first kappa shape index (κ1) is 25.4. The molecular weight excluding hydrogens is 524 g/mol. The van der Waals surface area contributed by atoms with Crippen molar-refractivity contribution in [2.75, 3.05) is 0 Å². The van der Waals surface area contributed by atoms with Gasteiger partial charge in [-0.1, -0.05) is 71.2 Å². The first-order valence-electron chi connectivity index (χ1n) is 11.7. The van der Waals surface area contributed by atoms with E-state index >= 15 is 0 Å². The maximum atomic E-state index is 11.4. The number of aromatic amines is 2. The Balaban J connectivity index is 1.16. The Hall–Kier alpha value is -4.28. The Morgan fingerprint density at radius 2 is 1.00 bits per heavy atom. The summed E-state index contributed by atoms with van der Waals surface area (Å²) in [6, 6.07) is 23.0. The second kappa shape index (κ2) is 11.4. The molecule has 10 heteroatoms. The van der Waals surface area contributed by atoms with E-state index in [1.807, 2.05) is 72.8 Å². The molecule has 0 saturated carbocycles. The number of hydrogen-bond acceptors (Lipinski definition) is 8. The maximum Gasteiger partial charge on any atom is 0.307 e. The molecule has 4 N–H and O–H groups in total. The van der Waals surface area contributed by atoms with Crippen LogP contribution in [0.15, 0.2) is 82.4 Å². The predicted molar refractivity (Wildman–Crippen MR) is 147 cm³/mol. The normalized spacial score (nSPS) is 10.9. The second-order valence-corrected chi connectivity index (χ2v) is 10.7. The van der Waals surface area contributed by atoms with Gasteiger partial charge in [-0.3, -0.25) is 19.6 Å². The number of nitrogens with one attached hydrogen (secondary N) is 2. The molecule has 5 rings (SSSR count). The van der Waals surface area contributed by atoms with Crippen LogP contribution in [0.4, 0.5) is 0 Å². The zero-order valence-corrected chi connectivity index (χ0v) is 21.7. The molecule has 0 radical (unpaired) electrons. The summed E-state index contributed by atoms with van der Waals surface area (Å²) in [4.78, 5) is 28.2. The molecule has 0 aliphatic heterocycles. The van der Waals surface area contributed by atoms with E-state index in [1.54, 1.807) is 0 Å². The number of thiazole rings is 2. The van der Waals surface area contributed by atoms with Crippen molar-refractivity contribution in [1.82, 2.24) is 9.97 Å². The fourth-order valence-corrected chi connectivity index (χ4v) is 5.40. The Kier molecular flexibility index (Phi) is 7.62. The molecule has 0 unspecified atom stereocenters. The summed E-state index contributed by atoms with van der Waals surface area (Å²) < 4.78 is 12.0. The second-order valence-electron chi connectivity index (χ2n) is 8.56. The van der Waals surface area contributed by atoms with Crippen molar-refractivity contribution in [2.24, 2.45) is 0 Å². The molecule has 3 aromatic carbocycles. The third kappa shape index (κ3) is 6.34. The molecule has 0 aliphatic carbocycles. The molecule has 0 spiro atoms. The third-order valence-electron chi connectivity index (χ3n) is 5.88. The minimum atomic E-state index is -0.272. The number of aromatic nitrogens is 2. The van der Waals surface area contributed by atoms with E-state index in [0.717, 1.165) is 44.9 Å². The monoisotopic (exact) mass is 548 g/mol. The van der Waals surface area contributed by atoms with Gasteiger partial charge in [-0.15, -0.1) is 0 Å². The minimum absolute atomic E-state index is 0.0774. The first-order valence-corrected chi connectivity index (χ1v) is 13.4. The summed E-state index contributed by atoms with van der Waals surface area (Å²) >= 11 is 2.01. The predicted octanol–water partition coefficient (Wildman–Crippen LogP) is 4.94. The SMILES string of the molecule is O=c1[nH]c(O)c(Cc2ccc(OCc3ccccc3COc3ccc(Cc4sc(=O)[nH]c4O)cc3)cc2)s1. The van der Waals surface area contributed by atoms with Crippen LogP contribution in [0.3, 0.4) is 0 Å². The van der Waals surface area contributed by atoms with Crippen LogP contribution >= 0.6 is 22.7 Å². The summed E-state index contributed by atoms with van der Waals surface area (Å²) in [7, 11) is 0. The maximum absolute atomic E-state index is 11.4. The largest absolute Gasteiger partial charge is 0.494 e. The van der Waals surface area contributed by atoms with Crippen LogP contribution in [0.25, 0.3) is 0 Å². The van der Waals surface area contributed by atoms with Gasteiger partial charge >= 0.3 is 9.75 Å². The Morgan fingerprint density at radius 1 is 0.605 bits per heavy atom. The molecule has 2 heterocycles. The Bertz CT molecular complexity index is 1510. The van der Waals surface area contributed by atoms with E-state index in [2.05, 4.69) is 9.97 Å². The molecular formula is C28H24N2O6S2. The summed E-state index contributed by atoms with van der Waals surface area (Å²) in [5.41, 5.74) is 3.94. The topological polar surface area (TPSA) is 125 Å². The van der Waals surface area contributed by atoms with Crippen molar-refractivity contribution in [3.63, 3.8) is 0 Å². The molecule has 5 aromatic rings. The van der Waals surface area contributed by atoms with Crippen LogP contribution < -0.4 is 19.2 Å². The van der Waals surface area contributed by atoms with Gasteiger partial charge in [0.15, 0.2) is 0 Å². The van der Waals surface area contributed by atoms with Crippen molar-refractivity contribution in [3.8, 4) is 23.3 Å². The zero-order chi connectivity index (χ0) is 26.5. The van der Waals surface area contributed by atoms with E-state index < -0.39 is 0 Å². The first-order chi connectivity index (χ1) is 18.4. The van der Waals surface area contributed by atoms with Gasteiger partial charge in [0.25, 0.3) is 0 Å². The van der Waals surface area contributed by atoms with Crippen LogP contribution in [0.5, 0.6) is 23.3 Å². The van der Waals surface area contributed by atoms with Gasteiger partial charge in [0, 0.05) is 12.8 Å². The molecule has 194 valence electrons. The van der Waals surface area contributed by atoms with Gasteiger partial charge < -0.3 is 19.7 Å². The van der Waals surface area contributed by atoms with Gasteiger partial charge in [0.2, 0.25) is 11.8 Å². The third-order valence-corrected chi connectivity index (χ3v) is 7.63. The quantitative estimate of drug-likeness (QED) is 0.196. The van der Waals surface area contributed by atoms with Crippen LogP contribution in [-0.2, 0) is 26.1 Å². The van der Waals surface area contributed by atoms with E-state index in [-0.39, 0.29) is 21.5 Å². The average molecular weight is 549 g/mol. The molecule has 0 bridgehead atoms. The lowest BCUT2D eigenvalue weighted by molar-refractivity contribution is 0.285. The number of H-pyrrole nitrogens is 2. The molecule has 0 aliphatic rings. The highest BCUT2D eigenvalue weighted by Crippen LogP contribution is 2.24. The summed E-state index contributed by atoms with van der Waals surface area (Å²) in [5, 5.41) is 19.6. The zero-order valence-electron chi connectivity index (χ0n) is 20.1. The minimum Gasteiger partial charge on any atom is -0.494 e. The van der Waals surface area contributed by atoms with Gasteiger partial charge in [-0.2, -0.15) is 0 Å². The van der Waals surface area contributed by atoms with Crippen molar-refractivity contribution in [3.05, 3.63) is 124 Å². The van der Waals surface area contributed by atoms with E-state index in [1.165, 1.54) is 0 Å². The number of benzene rings is 3. The standard InChI is InChI=1S/C28H24N2O6S2/c31-25-23(37-27(33)29-25)13-17-5-9-21(10-6-17)35-15-19-3-1-2-4-20(19)16-36-22-11-7-18(8-12-22)14-24-26(32)30-28(34)38-24/h1-12,31-32H,13-16H2,(H,29,33)(H,30,34). The van der Waals surface area contributed by atoms with E-state index in [0.29, 0.717) is 47.3 Å². The van der Waals surface area contributed by atoms with Crippen molar-refractivity contribution in [1.29, 1.82) is 0 Å². The number of rotatable bonds is 10. The molecule has 0 amide bonds. The molecule has 38 heavy (non-hydrogen) atoms. The smallest absolute Gasteiger partial charge is 0.307 e. The molecule has 0 saturated heterocycles. The van der Waals surface area contributed by atoms with Gasteiger partial charge in [-0.05, 0) is 46.5 Å². The average Bonchev–Trinajstić information content (AvgIpc) is 3.41. The van der Waals surface area contributed by atoms with Crippen molar-refractivity contribution < 1.29 is 19.7 Å². The van der Waals surface area contributed by atoms with Crippen LogP contribution in [0.1, 0.15) is 32.0 Å². The Morgan fingerprint density at radius 3 is 1.34 bits per heavy atom. The highest BCUT2D eigenvalue weighted by molar-refractivity contribution is 7.09. The number of hydrogen-bond donors (Lipinski definition) is 4. The number of aromatic hydroxyl groups is 2. The van der Waals surface area contributed by atoms with Gasteiger partial charge in [0.05, 0.1) is 9.75 Å². The summed E-state index contributed by atoms with van der Waals surface area (Å²) in [6.45, 7) is 0.752. The summed E-state index contributed by atoms with van der Waals surface area (Å²) in [5.74, 6) is 1.27. The fourth-order valence-electron chi connectivity index (χ4n) is 3.88. The lowest BCUT2D eigenvalue weighted by atomic mass is 10.1. The summed E-state index contributed by atoms with van der Waals surface area (Å²) in [6.07, 6.45) is 0.930. The van der Waals surface area contributed by atoms with E-state index in [4.69, 9.17) is 9.47 Å². The highest BCUT2D eigenvalue weighted by Gasteiger charge is 2.10. The van der Waals surface area contributed by atoms with Crippen molar-refractivity contribution >= 4 is 22.7 Å². The Labute approximate surface area is 225 Å². The molecule has 0 atom stereocenters. The lowest BCUT2D eigenvalue weighted by Gasteiger charge is -2.13. The van der Waals surface area contributed by atoms with Gasteiger partial charge in [-0.25, -0.2) is 0 Å². The van der Waals surface area contributed by atoms with Crippen LogP contribution in [-0.4, -0.2) is 20.2 Å². The molecule has 2 aromatic heterocycles. The van der Waals surface area contributed by atoms with Crippen LogP contribution in [0.2, 0.25) is 0 Å². The van der Waals surface area contributed by atoms with Gasteiger partial charge in [0.1, 0.15) is 24.7 Å². The molecule has 0 fully saturated rings.